The number of ether oxygens (including phenoxy) is 1. The number of Topliss-reactive ketones (excluding diaryl/α,β-unsaturated/α-hetero) is 1. The Morgan fingerprint density at radius 1 is 1.26 bits per heavy atom. The molecule has 0 radical (unpaired) electrons. The van der Waals surface area contributed by atoms with E-state index in [1.807, 2.05) is 19.1 Å². The van der Waals surface area contributed by atoms with Crippen molar-refractivity contribution < 1.29 is 9.53 Å². The van der Waals surface area contributed by atoms with Crippen molar-refractivity contribution in [3.05, 3.63) is 46.4 Å². The third-order valence-corrected chi connectivity index (χ3v) is 3.43. The van der Waals surface area contributed by atoms with E-state index in [-0.39, 0.29) is 17.5 Å². The third-order valence-electron chi connectivity index (χ3n) is 3.26. The highest BCUT2D eigenvalue weighted by Gasteiger charge is 2.12. The maximum Gasteiger partial charge on any atom is 0.224 e. The summed E-state index contributed by atoms with van der Waals surface area (Å²) in [4.78, 5) is 20.7. The van der Waals surface area contributed by atoms with Crippen LogP contribution in [0, 0.1) is 6.92 Å². The molecule has 122 valence electrons. The van der Waals surface area contributed by atoms with Gasteiger partial charge in [0, 0.05) is 18.2 Å². The van der Waals surface area contributed by atoms with Crippen LogP contribution >= 0.6 is 11.6 Å². The van der Waals surface area contributed by atoms with Crippen LogP contribution < -0.4 is 10.1 Å². The molecule has 5 nitrogen and oxygen atoms in total. The van der Waals surface area contributed by atoms with Gasteiger partial charge in [0.1, 0.15) is 11.6 Å². The van der Waals surface area contributed by atoms with Gasteiger partial charge in [-0.1, -0.05) is 6.92 Å². The molecule has 0 aliphatic heterocycles. The molecule has 0 saturated heterocycles. The van der Waals surface area contributed by atoms with Crippen LogP contribution in [0.1, 0.15) is 35.0 Å². The lowest BCUT2D eigenvalue weighted by Gasteiger charge is -2.08. The zero-order valence-electron chi connectivity index (χ0n) is 13.5. The van der Waals surface area contributed by atoms with Crippen LogP contribution in [0.25, 0.3) is 0 Å². The second-order valence-corrected chi connectivity index (χ2v) is 5.62. The van der Waals surface area contributed by atoms with Crippen LogP contribution in [-0.4, -0.2) is 29.4 Å². The van der Waals surface area contributed by atoms with Crippen molar-refractivity contribution in [2.45, 2.75) is 26.7 Å². The molecule has 0 fully saturated rings. The van der Waals surface area contributed by atoms with E-state index < -0.39 is 0 Å². The van der Waals surface area contributed by atoms with E-state index in [2.05, 4.69) is 22.2 Å². The predicted octanol–water partition coefficient (Wildman–Crippen LogP) is 3.69. The molecule has 23 heavy (non-hydrogen) atoms. The van der Waals surface area contributed by atoms with E-state index in [1.165, 1.54) is 0 Å². The van der Waals surface area contributed by atoms with Gasteiger partial charge in [-0.3, -0.25) is 4.79 Å². The molecule has 6 heteroatoms. The van der Waals surface area contributed by atoms with Crippen LogP contribution in [0.3, 0.4) is 0 Å². The van der Waals surface area contributed by atoms with Crippen molar-refractivity contribution >= 4 is 23.2 Å². The Labute approximate surface area is 141 Å². The van der Waals surface area contributed by atoms with E-state index in [4.69, 9.17) is 16.3 Å². The molecule has 2 rings (SSSR count). The van der Waals surface area contributed by atoms with Gasteiger partial charge in [0.25, 0.3) is 0 Å². The number of methoxy groups -OCH3 is 1. The van der Waals surface area contributed by atoms with Crippen molar-refractivity contribution in [1.82, 2.24) is 9.97 Å². The van der Waals surface area contributed by atoms with Gasteiger partial charge < -0.3 is 10.1 Å². The van der Waals surface area contributed by atoms with Gasteiger partial charge in [-0.05, 0) is 48.7 Å². The number of nitrogens with one attached hydrogen (secondary N) is 1. The van der Waals surface area contributed by atoms with E-state index in [9.17, 15) is 4.79 Å². The fourth-order valence-electron chi connectivity index (χ4n) is 2.19. The average molecular weight is 334 g/mol. The van der Waals surface area contributed by atoms with Crippen LogP contribution in [0.15, 0.2) is 24.3 Å². The van der Waals surface area contributed by atoms with Crippen molar-refractivity contribution in [2.24, 2.45) is 0 Å². The summed E-state index contributed by atoms with van der Waals surface area (Å²) in [7, 11) is 1.58. The number of ketones is 1. The van der Waals surface area contributed by atoms with Crippen molar-refractivity contribution in [2.75, 3.05) is 19.0 Å². The highest BCUT2D eigenvalue weighted by atomic mass is 35.5. The molecule has 0 spiro atoms. The van der Waals surface area contributed by atoms with Gasteiger partial charge in [0.15, 0.2) is 5.78 Å². The Morgan fingerprint density at radius 3 is 2.74 bits per heavy atom. The number of aryl methyl sites for hydroxylation is 1. The molecule has 1 N–H and O–H groups in total. The van der Waals surface area contributed by atoms with Crippen molar-refractivity contribution in [1.29, 1.82) is 0 Å². The minimum absolute atomic E-state index is 0.0387. The fraction of sp³-hybridized carbons (Fsp3) is 0.353. The number of aromatic nitrogens is 2. The number of carbonyl (C=O) groups is 1. The number of hydrogen-bond donors (Lipinski definition) is 1. The third kappa shape index (κ3) is 4.93. The summed E-state index contributed by atoms with van der Waals surface area (Å²) in [6.07, 6.45) is 1.13. The van der Waals surface area contributed by atoms with Crippen LogP contribution in [0.5, 0.6) is 5.75 Å². The molecule has 0 unspecified atom stereocenters. The average Bonchev–Trinajstić information content (AvgIpc) is 2.51. The predicted molar refractivity (Wildman–Crippen MR) is 91.6 cm³/mol. The Kier molecular flexibility index (Phi) is 5.93. The Morgan fingerprint density at radius 2 is 2.04 bits per heavy atom. The van der Waals surface area contributed by atoms with E-state index in [1.54, 1.807) is 19.2 Å². The molecular weight excluding hydrogens is 314 g/mol. The normalized spacial score (nSPS) is 10.4. The summed E-state index contributed by atoms with van der Waals surface area (Å²) < 4.78 is 5.21. The molecule has 1 heterocycles. The monoisotopic (exact) mass is 333 g/mol. The summed E-state index contributed by atoms with van der Waals surface area (Å²) in [6, 6.07) is 7.20. The Balaban J connectivity index is 2.19. The first-order chi connectivity index (χ1) is 11.0. The number of halogens is 1. The molecule has 0 saturated carbocycles. The molecule has 0 bridgehead atoms. The molecule has 0 aliphatic carbocycles. The van der Waals surface area contributed by atoms with Gasteiger partial charge in [0.2, 0.25) is 5.28 Å². The molecule has 1 aromatic carbocycles. The summed E-state index contributed by atoms with van der Waals surface area (Å²) >= 11 is 5.94. The van der Waals surface area contributed by atoms with Crippen molar-refractivity contribution in [3.63, 3.8) is 0 Å². The molecule has 0 amide bonds. The van der Waals surface area contributed by atoms with Crippen LogP contribution in [-0.2, 0) is 6.42 Å². The smallest absolute Gasteiger partial charge is 0.224 e. The number of benzene rings is 1. The molecule has 1 aromatic heterocycles. The maximum absolute atomic E-state index is 12.5. The maximum atomic E-state index is 12.5. The Hall–Kier alpha value is -2.14. The topological polar surface area (TPSA) is 64.1 Å². The van der Waals surface area contributed by atoms with Gasteiger partial charge in [-0.25, -0.2) is 9.97 Å². The van der Waals surface area contributed by atoms with E-state index in [0.717, 1.165) is 18.5 Å². The van der Waals surface area contributed by atoms with Gasteiger partial charge in [-0.2, -0.15) is 0 Å². The standard InChI is InChI=1S/C17H20ClN3O2/c1-4-5-19-16-10-13(20-17(18)21-16)9-15(22)12-6-11(2)7-14(8-12)23-3/h6-8,10H,4-5,9H2,1-3H3,(H,19,20,21). The minimum Gasteiger partial charge on any atom is -0.497 e. The zero-order valence-corrected chi connectivity index (χ0v) is 14.3. The SMILES string of the molecule is CCCNc1cc(CC(=O)c2cc(C)cc(OC)c2)nc(Cl)n1. The fourth-order valence-corrected chi connectivity index (χ4v) is 2.39. The summed E-state index contributed by atoms with van der Waals surface area (Å²) in [5.74, 6) is 1.26. The van der Waals surface area contributed by atoms with Crippen LogP contribution in [0.4, 0.5) is 5.82 Å². The van der Waals surface area contributed by atoms with Gasteiger partial charge in [0.05, 0.1) is 19.2 Å². The molecule has 2 aromatic rings. The first-order valence-corrected chi connectivity index (χ1v) is 7.86. The number of carbonyl (C=O) groups excluding carboxylic acids is 1. The first kappa shape index (κ1) is 17.2. The van der Waals surface area contributed by atoms with E-state index in [0.29, 0.717) is 22.8 Å². The highest BCUT2D eigenvalue weighted by Crippen LogP contribution is 2.19. The highest BCUT2D eigenvalue weighted by molar-refractivity contribution is 6.28. The minimum atomic E-state index is -0.0387. The second kappa shape index (κ2) is 7.92. The van der Waals surface area contributed by atoms with Crippen LogP contribution in [0.2, 0.25) is 5.28 Å². The van der Waals surface area contributed by atoms with E-state index >= 15 is 0 Å². The van der Waals surface area contributed by atoms with Crippen molar-refractivity contribution in [3.8, 4) is 5.75 Å². The first-order valence-electron chi connectivity index (χ1n) is 7.48. The molecule has 0 aliphatic rings. The summed E-state index contributed by atoms with van der Waals surface area (Å²) in [6.45, 7) is 4.77. The Bertz CT molecular complexity index is 704. The largest absolute Gasteiger partial charge is 0.497 e. The lowest BCUT2D eigenvalue weighted by atomic mass is 10.0. The summed E-state index contributed by atoms with van der Waals surface area (Å²) in [5, 5.41) is 3.28. The second-order valence-electron chi connectivity index (χ2n) is 5.28. The lowest BCUT2D eigenvalue weighted by molar-refractivity contribution is 0.0991. The molecule has 0 atom stereocenters. The molecular formula is C17H20ClN3O2. The van der Waals surface area contributed by atoms with Gasteiger partial charge in [-0.15, -0.1) is 0 Å². The number of hydrogen-bond acceptors (Lipinski definition) is 5. The van der Waals surface area contributed by atoms with Gasteiger partial charge >= 0.3 is 0 Å². The lowest BCUT2D eigenvalue weighted by Crippen LogP contribution is -2.09. The quantitative estimate of drug-likeness (QED) is 0.618. The number of rotatable bonds is 7. The number of anilines is 1. The zero-order chi connectivity index (χ0) is 16.8. The summed E-state index contributed by atoms with van der Waals surface area (Å²) in [5.41, 5.74) is 2.16. The number of nitrogens with zero attached hydrogens (tertiary/aromatic N) is 2.